The highest BCUT2D eigenvalue weighted by Crippen LogP contribution is 2.28. The van der Waals surface area contributed by atoms with Gasteiger partial charge in [-0.3, -0.25) is 14.4 Å². The number of nitrogens with zero attached hydrogens (tertiary/aromatic N) is 2. The number of amides is 2. The maximum atomic E-state index is 12.9. The monoisotopic (exact) mass is 382 g/mol. The van der Waals surface area contributed by atoms with Crippen molar-refractivity contribution in [2.45, 2.75) is 37.9 Å². The second-order valence-electron chi connectivity index (χ2n) is 6.98. The van der Waals surface area contributed by atoms with Crippen LogP contribution in [0.3, 0.4) is 0 Å². The van der Waals surface area contributed by atoms with Crippen LogP contribution in [0.4, 0.5) is 13.2 Å². The summed E-state index contributed by atoms with van der Waals surface area (Å²) in [4.78, 5) is 39.2. The molecular weight excluding hydrogens is 361 g/mol. The van der Waals surface area contributed by atoms with Gasteiger partial charge in [0, 0.05) is 31.1 Å². The van der Waals surface area contributed by atoms with E-state index < -0.39 is 24.0 Å². The normalized spacial score (nSPS) is 21.4. The Kier molecular flexibility index (Phi) is 5.53. The molecule has 2 saturated heterocycles. The van der Waals surface area contributed by atoms with Crippen molar-refractivity contribution in [3.8, 4) is 0 Å². The van der Waals surface area contributed by atoms with Gasteiger partial charge >= 0.3 is 12.1 Å². The number of likely N-dealkylation sites (tertiary alicyclic amines) is 2. The number of ketones is 1. The molecule has 5 nitrogen and oxygen atoms in total. The summed E-state index contributed by atoms with van der Waals surface area (Å²) in [6, 6.07) is 8.25. The lowest BCUT2D eigenvalue weighted by molar-refractivity contribution is -0.187. The van der Waals surface area contributed by atoms with Crippen LogP contribution in [0.15, 0.2) is 30.3 Å². The molecule has 3 rings (SSSR count). The van der Waals surface area contributed by atoms with Gasteiger partial charge in [-0.05, 0) is 25.7 Å². The Morgan fingerprint density at radius 1 is 0.926 bits per heavy atom. The number of halogens is 3. The van der Waals surface area contributed by atoms with Crippen LogP contribution in [0.5, 0.6) is 0 Å². The predicted molar refractivity (Wildman–Crippen MR) is 90.9 cm³/mol. The van der Waals surface area contributed by atoms with Crippen molar-refractivity contribution in [3.63, 3.8) is 0 Å². The molecule has 146 valence electrons. The minimum atomic E-state index is -4.89. The standard InChI is InChI=1S/C19H21F3N2O3/c20-19(21,22)18(27)23-11-8-14(9-12-23)17(26)24-10-4-7-15(24)16(25)13-5-2-1-3-6-13/h1-3,5-6,14-15H,4,7-12H2. The first kappa shape index (κ1) is 19.4. The average molecular weight is 382 g/mol. The maximum absolute atomic E-state index is 12.9. The molecule has 2 heterocycles. The lowest BCUT2D eigenvalue weighted by atomic mass is 9.94. The molecule has 2 fully saturated rings. The highest BCUT2D eigenvalue weighted by atomic mass is 19.4. The highest BCUT2D eigenvalue weighted by molar-refractivity contribution is 6.02. The van der Waals surface area contributed by atoms with Crippen LogP contribution in [0.25, 0.3) is 0 Å². The zero-order chi connectivity index (χ0) is 19.6. The molecule has 0 saturated carbocycles. The van der Waals surface area contributed by atoms with Gasteiger partial charge in [0.1, 0.15) is 0 Å². The van der Waals surface area contributed by atoms with Crippen LogP contribution in [0.2, 0.25) is 0 Å². The highest BCUT2D eigenvalue weighted by Gasteiger charge is 2.45. The van der Waals surface area contributed by atoms with Crippen LogP contribution in [-0.4, -0.2) is 59.2 Å². The molecule has 1 aromatic rings. The van der Waals surface area contributed by atoms with Gasteiger partial charge in [0.15, 0.2) is 5.78 Å². The number of piperidine rings is 1. The molecule has 0 spiro atoms. The summed E-state index contributed by atoms with van der Waals surface area (Å²) in [6.07, 6.45) is -3.21. The molecule has 8 heteroatoms. The van der Waals surface area contributed by atoms with Crippen molar-refractivity contribution in [2.24, 2.45) is 5.92 Å². The SMILES string of the molecule is O=C(c1ccccc1)C1CCCN1C(=O)C1CCN(C(=O)C(F)(F)F)CC1. The summed E-state index contributed by atoms with van der Waals surface area (Å²) in [5.41, 5.74) is 0.549. The molecule has 0 aliphatic carbocycles. The summed E-state index contributed by atoms with van der Waals surface area (Å²) in [5.74, 6) is -2.61. The predicted octanol–water partition coefficient (Wildman–Crippen LogP) is 2.66. The van der Waals surface area contributed by atoms with Crippen LogP contribution in [0, 0.1) is 5.92 Å². The Balaban J connectivity index is 1.62. The largest absolute Gasteiger partial charge is 0.471 e. The van der Waals surface area contributed by atoms with Crippen molar-refractivity contribution in [2.75, 3.05) is 19.6 Å². The molecule has 0 radical (unpaired) electrons. The zero-order valence-electron chi connectivity index (χ0n) is 14.7. The summed E-state index contributed by atoms with van der Waals surface area (Å²) >= 11 is 0. The molecule has 0 N–H and O–H groups in total. The number of Topliss-reactive ketones (excluding diaryl/α,β-unsaturated/α-hetero) is 1. The number of benzene rings is 1. The Morgan fingerprint density at radius 2 is 1.56 bits per heavy atom. The molecule has 2 amide bonds. The quantitative estimate of drug-likeness (QED) is 0.756. The molecule has 2 aliphatic heterocycles. The molecule has 27 heavy (non-hydrogen) atoms. The average Bonchev–Trinajstić information content (AvgIpc) is 3.16. The number of alkyl halides is 3. The second kappa shape index (κ2) is 7.70. The van der Waals surface area contributed by atoms with Crippen molar-refractivity contribution in [3.05, 3.63) is 35.9 Å². The van der Waals surface area contributed by atoms with Crippen LogP contribution in [0.1, 0.15) is 36.0 Å². The summed E-state index contributed by atoms with van der Waals surface area (Å²) in [6.45, 7) is 0.281. The summed E-state index contributed by atoms with van der Waals surface area (Å²) in [5, 5.41) is 0. The van der Waals surface area contributed by atoms with E-state index in [1.807, 2.05) is 6.07 Å². The van der Waals surface area contributed by atoms with Crippen LogP contribution < -0.4 is 0 Å². The first-order valence-corrected chi connectivity index (χ1v) is 9.05. The van der Waals surface area contributed by atoms with E-state index in [0.29, 0.717) is 18.5 Å². The molecule has 1 atom stereocenters. The zero-order valence-corrected chi connectivity index (χ0v) is 14.7. The second-order valence-corrected chi connectivity index (χ2v) is 6.98. The number of hydrogen-bond acceptors (Lipinski definition) is 3. The van der Waals surface area contributed by atoms with E-state index in [2.05, 4.69) is 0 Å². The summed E-state index contributed by atoms with van der Waals surface area (Å²) < 4.78 is 37.6. The van der Waals surface area contributed by atoms with Gasteiger partial charge in [0.2, 0.25) is 5.91 Å². The maximum Gasteiger partial charge on any atom is 0.471 e. The Bertz CT molecular complexity index is 713. The van der Waals surface area contributed by atoms with Gasteiger partial charge in [-0.25, -0.2) is 0 Å². The Labute approximate surface area is 155 Å². The molecular formula is C19H21F3N2O3. The number of hydrogen-bond donors (Lipinski definition) is 0. The van der Waals surface area contributed by atoms with Gasteiger partial charge in [-0.15, -0.1) is 0 Å². The third-order valence-corrected chi connectivity index (χ3v) is 5.27. The minimum Gasteiger partial charge on any atom is -0.335 e. The van der Waals surface area contributed by atoms with Crippen LogP contribution in [-0.2, 0) is 9.59 Å². The van der Waals surface area contributed by atoms with Crippen molar-refractivity contribution >= 4 is 17.6 Å². The van der Waals surface area contributed by atoms with E-state index in [1.165, 1.54) is 0 Å². The number of carbonyl (C=O) groups excluding carboxylic acids is 3. The number of rotatable bonds is 3. The fraction of sp³-hybridized carbons (Fsp3) is 0.526. The van der Waals surface area contributed by atoms with Crippen molar-refractivity contribution in [1.29, 1.82) is 0 Å². The van der Waals surface area contributed by atoms with Crippen LogP contribution >= 0.6 is 0 Å². The van der Waals surface area contributed by atoms with E-state index in [-0.39, 0.29) is 37.6 Å². The smallest absolute Gasteiger partial charge is 0.335 e. The lowest BCUT2D eigenvalue weighted by Gasteiger charge is -2.34. The molecule has 0 aromatic heterocycles. The van der Waals surface area contributed by atoms with Gasteiger partial charge in [0.25, 0.3) is 0 Å². The van der Waals surface area contributed by atoms with E-state index in [1.54, 1.807) is 29.2 Å². The van der Waals surface area contributed by atoms with Gasteiger partial charge in [-0.2, -0.15) is 13.2 Å². The molecule has 2 aliphatic rings. The Morgan fingerprint density at radius 3 is 2.15 bits per heavy atom. The molecule has 0 bridgehead atoms. The number of carbonyl (C=O) groups is 3. The fourth-order valence-corrected chi connectivity index (χ4v) is 3.84. The van der Waals surface area contributed by atoms with E-state index in [9.17, 15) is 27.6 Å². The third kappa shape index (κ3) is 4.14. The lowest BCUT2D eigenvalue weighted by Crippen LogP contribution is -2.49. The van der Waals surface area contributed by atoms with Gasteiger partial charge in [0.05, 0.1) is 6.04 Å². The third-order valence-electron chi connectivity index (χ3n) is 5.27. The Hall–Kier alpha value is -2.38. The molecule has 1 unspecified atom stereocenters. The first-order chi connectivity index (χ1) is 12.8. The summed E-state index contributed by atoms with van der Waals surface area (Å²) in [7, 11) is 0. The topological polar surface area (TPSA) is 57.7 Å². The van der Waals surface area contributed by atoms with E-state index in [0.717, 1.165) is 11.3 Å². The van der Waals surface area contributed by atoms with Gasteiger partial charge in [-0.1, -0.05) is 30.3 Å². The molecule has 1 aromatic carbocycles. The van der Waals surface area contributed by atoms with E-state index in [4.69, 9.17) is 0 Å². The fourth-order valence-electron chi connectivity index (χ4n) is 3.84. The van der Waals surface area contributed by atoms with Gasteiger partial charge < -0.3 is 9.80 Å². The first-order valence-electron chi connectivity index (χ1n) is 9.05. The van der Waals surface area contributed by atoms with Crippen molar-refractivity contribution in [1.82, 2.24) is 9.80 Å². The minimum absolute atomic E-state index is 0.0973. The van der Waals surface area contributed by atoms with E-state index >= 15 is 0 Å². The van der Waals surface area contributed by atoms with Crippen molar-refractivity contribution < 1.29 is 27.6 Å².